The van der Waals surface area contributed by atoms with Crippen LogP contribution in [0.25, 0.3) is 0 Å². The van der Waals surface area contributed by atoms with Gasteiger partial charge in [-0.15, -0.1) is 0 Å². The van der Waals surface area contributed by atoms with E-state index in [-0.39, 0.29) is 0 Å². The number of hydrogen-bond donors (Lipinski definition) is 1. The van der Waals surface area contributed by atoms with Crippen molar-refractivity contribution in [2.75, 3.05) is 26.2 Å². The smallest absolute Gasteiger partial charge is 0.00914 e. The second-order valence-electron chi connectivity index (χ2n) is 6.51. The normalized spacial score (nSPS) is 23.5. The molecule has 2 nitrogen and oxygen atoms in total. The summed E-state index contributed by atoms with van der Waals surface area (Å²) in [6, 6.07) is 0.803. The summed E-state index contributed by atoms with van der Waals surface area (Å²) in [5.74, 6) is 1.92. The predicted molar refractivity (Wildman–Crippen MR) is 74.3 cm³/mol. The van der Waals surface area contributed by atoms with Crippen molar-refractivity contribution in [3.63, 3.8) is 0 Å². The second-order valence-corrected chi connectivity index (χ2v) is 6.51. The SMILES string of the molecule is CC(C)CN1CCC(NCCCC2CC2)CC1. The molecule has 0 radical (unpaired) electrons. The third kappa shape index (κ3) is 5.39. The standard InChI is InChI=1S/C15H30N2/c1-13(2)12-17-10-7-15(8-11-17)16-9-3-4-14-5-6-14/h13-16H,3-12H2,1-2H3. The van der Waals surface area contributed by atoms with E-state index < -0.39 is 0 Å². The van der Waals surface area contributed by atoms with Crippen LogP contribution in [-0.4, -0.2) is 37.1 Å². The highest BCUT2D eigenvalue weighted by Gasteiger charge is 2.21. The van der Waals surface area contributed by atoms with Crippen LogP contribution in [0.1, 0.15) is 52.4 Å². The largest absolute Gasteiger partial charge is 0.314 e. The third-order valence-electron chi connectivity index (χ3n) is 4.13. The van der Waals surface area contributed by atoms with E-state index in [0.717, 1.165) is 17.9 Å². The van der Waals surface area contributed by atoms with Gasteiger partial charge in [0, 0.05) is 12.6 Å². The Morgan fingerprint density at radius 1 is 1.12 bits per heavy atom. The van der Waals surface area contributed by atoms with Gasteiger partial charge >= 0.3 is 0 Å². The summed E-state index contributed by atoms with van der Waals surface area (Å²) in [5, 5.41) is 3.75. The second kappa shape index (κ2) is 6.75. The van der Waals surface area contributed by atoms with Crippen molar-refractivity contribution in [1.82, 2.24) is 10.2 Å². The topological polar surface area (TPSA) is 15.3 Å². The quantitative estimate of drug-likeness (QED) is 0.686. The van der Waals surface area contributed by atoms with E-state index in [1.165, 1.54) is 64.7 Å². The Labute approximate surface area is 107 Å². The van der Waals surface area contributed by atoms with Crippen LogP contribution in [0.5, 0.6) is 0 Å². The maximum absolute atomic E-state index is 3.75. The molecule has 0 aromatic carbocycles. The van der Waals surface area contributed by atoms with Crippen molar-refractivity contribution >= 4 is 0 Å². The molecule has 1 saturated heterocycles. The van der Waals surface area contributed by atoms with Gasteiger partial charge in [0.2, 0.25) is 0 Å². The molecule has 17 heavy (non-hydrogen) atoms. The Hall–Kier alpha value is -0.0800. The zero-order chi connectivity index (χ0) is 12.1. The molecule has 0 atom stereocenters. The highest BCUT2D eigenvalue weighted by Crippen LogP contribution is 2.33. The van der Waals surface area contributed by atoms with Gasteiger partial charge in [0.25, 0.3) is 0 Å². The van der Waals surface area contributed by atoms with Gasteiger partial charge < -0.3 is 10.2 Å². The molecule has 0 amide bonds. The number of rotatable bonds is 7. The van der Waals surface area contributed by atoms with Gasteiger partial charge in [-0.1, -0.05) is 26.7 Å². The van der Waals surface area contributed by atoms with Crippen LogP contribution in [0, 0.1) is 11.8 Å². The van der Waals surface area contributed by atoms with Crippen molar-refractivity contribution in [2.45, 2.75) is 58.4 Å². The van der Waals surface area contributed by atoms with E-state index in [0.29, 0.717) is 0 Å². The molecule has 2 aliphatic rings. The first-order valence-electron chi connectivity index (χ1n) is 7.70. The lowest BCUT2D eigenvalue weighted by atomic mass is 10.0. The number of nitrogens with one attached hydrogen (secondary N) is 1. The van der Waals surface area contributed by atoms with Gasteiger partial charge in [0.15, 0.2) is 0 Å². The van der Waals surface area contributed by atoms with E-state index in [1.54, 1.807) is 0 Å². The van der Waals surface area contributed by atoms with E-state index >= 15 is 0 Å². The molecular formula is C15H30N2. The first-order chi connectivity index (χ1) is 8.24. The number of nitrogens with zero attached hydrogens (tertiary/aromatic N) is 1. The minimum atomic E-state index is 0.803. The van der Waals surface area contributed by atoms with Crippen LogP contribution in [-0.2, 0) is 0 Å². The Balaban J connectivity index is 1.49. The summed E-state index contributed by atoms with van der Waals surface area (Å²) in [4.78, 5) is 2.63. The lowest BCUT2D eigenvalue weighted by Crippen LogP contribution is -2.43. The molecule has 1 saturated carbocycles. The van der Waals surface area contributed by atoms with E-state index in [4.69, 9.17) is 0 Å². The fourth-order valence-corrected chi connectivity index (χ4v) is 2.94. The predicted octanol–water partition coefficient (Wildman–Crippen LogP) is 2.89. The minimum absolute atomic E-state index is 0.803. The molecule has 2 fully saturated rings. The average molecular weight is 238 g/mol. The van der Waals surface area contributed by atoms with Gasteiger partial charge in [0.1, 0.15) is 0 Å². The van der Waals surface area contributed by atoms with Gasteiger partial charge in [-0.2, -0.15) is 0 Å². The Bertz CT molecular complexity index is 200. The summed E-state index contributed by atoms with van der Waals surface area (Å²) in [6.07, 6.45) is 8.60. The molecule has 0 unspecified atom stereocenters. The molecule has 2 rings (SSSR count). The average Bonchev–Trinajstić information content (AvgIpc) is 3.10. The molecule has 1 N–H and O–H groups in total. The van der Waals surface area contributed by atoms with Gasteiger partial charge in [-0.25, -0.2) is 0 Å². The number of likely N-dealkylation sites (tertiary alicyclic amines) is 1. The van der Waals surface area contributed by atoms with Gasteiger partial charge in [0.05, 0.1) is 0 Å². The molecule has 1 aliphatic heterocycles. The fourth-order valence-electron chi connectivity index (χ4n) is 2.94. The van der Waals surface area contributed by atoms with Crippen LogP contribution >= 0.6 is 0 Å². The third-order valence-corrected chi connectivity index (χ3v) is 4.13. The monoisotopic (exact) mass is 238 g/mol. The number of piperidine rings is 1. The summed E-state index contributed by atoms with van der Waals surface area (Å²) in [7, 11) is 0. The maximum Gasteiger partial charge on any atom is 0.00914 e. The summed E-state index contributed by atoms with van der Waals surface area (Å²) in [6.45, 7) is 9.79. The molecule has 1 aliphatic carbocycles. The molecule has 2 heteroatoms. The van der Waals surface area contributed by atoms with Crippen molar-refractivity contribution in [1.29, 1.82) is 0 Å². The van der Waals surface area contributed by atoms with Crippen molar-refractivity contribution < 1.29 is 0 Å². The van der Waals surface area contributed by atoms with Crippen LogP contribution < -0.4 is 5.32 Å². The van der Waals surface area contributed by atoms with Gasteiger partial charge in [-0.05, 0) is 57.2 Å². The molecular weight excluding hydrogens is 208 g/mol. The number of hydrogen-bond acceptors (Lipinski definition) is 2. The van der Waals surface area contributed by atoms with Crippen molar-refractivity contribution in [3.8, 4) is 0 Å². The van der Waals surface area contributed by atoms with Crippen molar-refractivity contribution in [2.24, 2.45) is 11.8 Å². The summed E-state index contributed by atoms with van der Waals surface area (Å²) < 4.78 is 0. The van der Waals surface area contributed by atoms with Crippen molar-refractivity contribution in [3.05, 3.63) is 0 Å². The first-order valence-corrected chi connectivity index (χ1v) is 7.70. The first kappa shape index (κ1) is 13.4. The molecule has 1 heterocycles. The lowest BCUT2D eigenvalue weighted by Gasteiger charge is -2.33. The van der Waals surface area contributed by atoms with Crippen LogP contribution in [0.4, 0.5) is 0 Å². The highest BCUT2D eigenvalue weighted by molar-refractivity contribution is 4.78. The van der Waals surface area contributed by atoms with Crippen LogP contribution in [0.3, 0.4) is 0 Å². The van der Waals surface area contributed by atoms with E-state index in [2.05, 4.69) is 24.1 Å². The lowest BCUT2D eigenvalue weighted by molar-refractivity contribution is 0.180. The summed E-state index contributed by atoms with van der Waals surface area (Å²) in [5.41, 5.74) is 0. The van der Waals surface area contributed by atoms with Crippen LogP contribution in [0.15, 0.2) is 0 Å². The molecule has 0 bridgehead atoms. The Kier molecular flexibility index (Phi) is 5.30. The Morgan fingerprint density at radius 2 is 1.82 bits per heavy atom. The molecule has 0 aromatic heterocycles. The fraction of sp³-hybridized carbons (Fsp3) is 1.00. The minimum Gasteiger partial charge on any atom is -0.314 e. The maximum atomic E-state index is 3.75. The van der Waals surface area contributed by atoms with E-state index in [1.807, 2.05) is 0 Å². The molecule has 0 aromatic rings. The summed E-state index contributed by atoms with van der Waals surface area (Å²) >= 11 is 0. The highest BCUT2D eigenvalue weighted by atomic mass is 15.1. The zero-order valence-electron chi connectivity index (χ0n) is 11.8. The zero-order valence-corrected chi connectivity index (χ0v) is 11.8. The van der Waals surface area contributed by atoms with Crippen LogP contribution in [0.2, 0.25) is 0 Å². The van der Waals surface area contributed by atoms with Gasteiger partial charge in [-0.3, -0.25) is 0 Å². The van der Waals surface area contributed by atoms with E-state index in [9.17, 15) is 0 Å². The molecule has 100 valence electrons. The molecule has 0 spiro atoms. The Morgan fingerprint density at radius 3 is 2.41 bits per heavy atom.